The molecule has 0 radical (unpaired) electrons. The van der Waals surface area contributed by atoms with Crippen molar-refractivity contribution in [2.24, 2.45) is 0 Å². The molecule has 0 unspecified atom stereocenters. The van der Waals surface area contributed by atoms with Crippen molar-refractivity contribution in [3.8, 4) is 11.5 Å². The summed E-state index contributed by atoms with van der Waals surface area (Å²) in [5.41, 5.74) is 2.20. The van der Waals surface area contributed by atoms with E-state index in [1.54, 1.807) is 19.2 Å². The third-order valence-corrected chi connectivity index (χ3v) is 5.75. The van der Waals surface area contributed by atoms with Crippen molar-refractivity contribution >= 4 is 22.6 Å². The topological polar surface area (TPSA) is 72.2 Å². The summed E-state index contributed by atoms with van der Waals surface area (Å²) in [7, 11) is 1.65. The summed E-state index contributed by atoms with van der Waals surface area (Å²) in [5, 5.41) is 0.903. The number of carbonyl (C=O) groups is 1. The maximum atomic E-state index is 12.6. The maximum Gasteiger partial charge on any atom is 0.336 e. The molecule has 168 valence electrons. The van der Waals surface area contributed by atoms with Crippen molar-refractivity contribution in [3.63, 3.8) is 0 Å². The first-order chi connectivity index (χ1) is 15.6. The van der Waals surface area contributed by atoms with Gasteiger partial charge in [-0.3, -0.25) is 4.79 Å². The van der Waals surface area contributed by atoms with Crippen LogP contribution >= 0.6 is 0 Å². The number of ether oxygens (including phenoxy) is 2. The van der Waals surface area contributed by atoms with Crippen LogP contribution in [0.4, 0.5) is 5.69 Å². The summed E-state index contributed by atoms with van der Waals surface area (Å²) in [4.78, 5) is 28.6. The monoisotopic (exact) mass is 436 g/mol. The molecule has 1 aromatic heterocycles. The van der Waals surface area contributed by atoms with Crippen LogP contribution in [0.15, 0.2) is 57.7 Å². The lowest BCUT2D eigenvalue weighted by Crippen LogP contribution is -2.50. The third-order valence-electron chi connectivity index (χ3n) is 5.75. The van der Waals surface area contributed by atoms with E-state index in [-0.39, 0.29) is 18.1 Å². The first-order valence-electron chi connectivity index (χ1n) is 10.9. The molecule has 2 aromatic carbocycles. The molecule has 0 aliphatic carbocycles. The smallest absolute Gasteiger partial charge is 0.336 e. The molecule has 0 N–H and O–H groups in total. The van der Waals surface area contributed by atoms with Gasteiger partial charge >= 0.3 is 5.63 Å². The Morgan fingerprint density at radius 3 is 2.41 bits per heavy atom. The van der Waals surface area contributed by atoms with Crippen molar-refractivity contribution in [2.75, 3.05) is 44.8 Å². The number of hydrogen-bond acceptors (Lipinski definition) is 6. The molecule has 0 spiro atoms. The Morgan fingerprint density at radius 1 is 1.00 bits per heavy atom. The Morgan fingerprint density at radius 2 is 1.72 bits per heavy atom. The van der Waals surface area contributed by atoms with Gasteiger partial charge in [0.05, 0.1) is 7.11 Å². The minimum absolute atomic E-state index is 0.0487. The fourth-order valence-electron chi connectivity index (χ4n) is 4.02. The second-order valence-corrected chi connectivity index (χ2v) is 7.85. The van der Waals surface area contributed by atoms with Crippen LogP contribution < -0.4 is 20.0 Å². The quantitative estimate of drug-likeness (QED) is 0.528. The molecule has 1 amide bonds. The highest BCUT2D eigenvalue weighted by molar-refractivity contribution is 5.82. The second-order valence-electron chi connectivity index (χ2n) is 7.85. The maximum absolute atomic E-state index is 12.6. The van der Waals surface area contributed by atoms with Gasteiger partial charge in [-0.25, -0.2) is 4.79 Å². The van der Waals surface area contributed by atoms with Gasteiger partial charge in [-0.15, -0.1) is 0 Å². The lowest BCUT2D eigenvalue weighted by Gasteiger charge is -2.36. The first kappa shape index (κ1) is 21.7. The number of nitrogens with zero attached hydrogens (tertiary/aromatic N) is 2. The van der Waals surface area contributed by atoms with E-state index < -0.39 is 0 Å². The van der Waals surface area contributed by atoms with Crippen LogP contribution in [0.2, 0.25) is 0 Å². The predicted molar refractivity (Wildman–Crippen MR) is 124 cm³/mol. The van der Waals surface area contributed by atoms with E-state index in [2.05, 4.69) is 11.8 Å². The van der Waals surface area contributed by atoms with Gasteiger partial charge in [-0.1, -0.05) is 13.3 Å². The summed E-state index contributed by atoms with van der Waals surface area (Å²) in [5.74, 6) is 1.29. The largest absolute Gasteiger partial charge is 0.497 e. The minimum atomic E-state index is -0.371. The number of methoxy groups -OCH3 is 1. The number of aryl methyl sites for hydroxylation is 1. The molecule has 1 saturated heterocycles. The third kappa shape index (κ3) is 4.88. The molecule has 0 saturated carbocycles. The Labute approximate surface area is 187 Å². The van der Waals surface area contributed by atoms with Crippen LogP contribution in [0.25, 0.3) is 11.0 Å². The SMILES string of the molecule is CCCc1cc(=O)oc2cc(OCC(=O)N3CCN(c4ccc(OC)cc4)CC3)ccc12. The van der Waals surface area contributed by atoms with Gasteiger partial charge in [0, 0.05) is 49.4 Å². The summed E-state index contributed by atoms with van der Waals surface area (Å²) >= 11 is 0. The van der Waals surface area contributed by atoms with Crippen LogP contribution in [0.5, 0.6) is 11.5 Å². The molecule has 4 rings (SSSR count). The Bertz CT molecular complexity index is 1130. The van der Waals surface area contributed by atoms with Gasteiger partial charge in [0.15, 0.2) is 6.61 Å². The van der Waals surface area contributed by atoms with Gasteiger partial charge < -0.3 is 23.7 Å². The van der Waals surface area contributed by atoms with E-state index >= 15 is 0 Å². The second kappa shape index (κ2) is 9.77. The van der Waals surface area contributed by atoms with Gasteiger partial charge in [0.1, 0.15) is 17.1 Å². The minimum Gasteiger partial charge on any atom is -0.497 e. The lowest BCUT2D eigenvalue weighted by atomic mass is 10.1. The Balaban J connectivity index is 1.34. The van der Waals surface area contributed by atoms with Crippen molar-refractivity contribution in [1.82, 2.24) is 4.90 Å². The van der Waals surface area contributed by atoms with E-state index in [1.807, 2.05) is 41.3 Å². The Kier molecular flexibility index (Phi) is 6.63. The molecular weight excluding hydrogens is 408 g/mol. The van der Waals surface area contributed by atoms with E-state index in [4.69, 9.17) is 13.9 Å². The molecule has 32 heavy (non-hydrogen) atoms. The zero-order valence-corrected chi connectivity index (χ0v) is 18.5. The fourth-order valence-corrected chi connectivity index (χ4v) is 4.02. The number of hydrogen-bond donors (Lipinski definition) is 0. The first-order valence-corrected chi connectivity index (χ1v) is 10.9. The molecule has 0 atom stereocenters. The van der Waals surface area contributed by atoms with E-state index in [1.165, 1.54) is 0 Å². The van der Waals surface area contributed by atoms with E-state index in [9.17, 15) is 9.59 Å². The summed E-state index contributed by atoms with van der Waals surface area (Å²) in [6, 6.07) is 14.9. The lowest BCUT2D eigenvalue weighted by molar-refractivity contribution is -0.133. The zero-order valence-electron chi connectivity index (χ0n) is 18.5. The number of amides is 1. The molecule has 1 aliphatic rings. The van der Waals surface area contributed by atoms with Gasteiger partial charge in [-0.2, -0.15) is 0 Å². The summed E-state index contributed by atoms with van der Waals surface area (Å²) in [6.07, 6.45) is 1.75. The summed E-state index contributed by atoms with van der Waals surface area (Å²) < 4.78 is 16.3. The number of anilines is 1. The van der Waals surface area contributed by atoms with Crippen molar-refractivity contribution < 1.29 is 18.7 Å². The van der Waals surface area contributed by atoms with Crippen molar-refractivity contribution in [3.05, 3.63) is 64.5 Å². The van der Waals surface area contributed by atoms with Crippen LogP contribution in [0, 0.1) is 0 Å². The predicted octanol–water partition coefficient (Wildman–Crippen LogP) is 3.48. The zero-order chi connectivity index (χ0) is 22.5. The molecule has 1 fully saturated rings. The number of piperazine rings is 1. The molecule has 3 aromatic rings. The number of fused-ring (bicyclic) bond motifs is 1. The highest BCUT2D eigenvalue weighted by Crippen LogP contribution is 2.24. The standard InChI is InChI=1S/C25H28N2O5/c1-3-4-18-15-25(29)32-23-16-21(9-10-22(18)23)31-17-24(28)27-13-11-26(12-14-27)19-5-7-20(30-2)8-6-19/h5-10,15-16H,3-4,11-14,17H2,1-2H3. The normalized spacial score (nSPS) is 13.9. The van der Waals surface area contributed by atoms with E-state index in [0.717, 1.165) is 48.3 Å². The average molecular weight is 437 g/mol. The average Bonchev–Trinajstić information content (AvgIpc) is 2.82. The van der Waals surface area contributed by atoms with Crippen LogP contribution in [-0.4, -0.2) is 50.7 Å². The van der Waals surface area contributed by atoms with Crippen LogP contribution in [-0.2, 0) is 11.2 Å². The number of rotatable bonds is 7. The highest BCUT2D eigenvalue weighted by atomic mass is 16.5. The Hall–Kier alpha value is -3.48. The van der Waals surface area contributed by atoms with Crippen molar-refractivity contribution in [1.29, 1.82) is 0 Å². The number of benzene rings is 2. The molecule has 1 aliphatic heterocycles. The van der Waals surface area contributed by atoms with Gasteiger partial charge in [-0.05, 0) is 48.4 Å². The molecular formula is C25H28N2O5. The number of carbonyl (C=O) groups excluding carboxylic acids is 1. The fraction of sp³-hybridized carbons (Fsp3) is 0.360. The molecule has 7 nitrogen and oxygen atoms in total. The van der Waals surface area contributed by atoms with E-state index in [0.29, 0.717) is 24.4 Å². The molecule has 7 heteroatoms. The van der Waals surface area contributed by atoms with Gasteiger partial charge in [0.25, 0.3) is 5.91 Å². The highest BCUT2D eigenvalue weighted by Gasteiger charge is 2.21. The van der Waals surface area contributed by atoms with Crippen molar-refractivity contribution in [2.45, 2.75) is 19.8 Å². The summed E-state index contributed by atoms with van der Waals surface area (Å²) in [6.45, 7) is 4.83. The molecule has 2 heterocycles. The van der Waals surface area contributed by atoms with Crippen LogP contribution in [0.3, 0.4) is 0 Å². The van der Waals surface area contributed by atoms with Gasteiger partial charge in [0.2, 0.25) is 0 Å². The van der Waals surface area contributed by atoms with Crippen LogP contribution in [0.1, 0.15) is 18.9 Å². The molecule has 0 bridgehead atoms.